The predicted molar refractivity (Wildman–Crippen MR) is 208 cm³/mol. The molecule has 0 fully saturated rings. The molecule has 1 aliphatic rings. The van der Waals surface area contributed by atoms with Crippen molar-refractivity contribution in [3.8, 4) is 11.1 Å². The second-order valence-corrected chi connectivity index (χ2v) is 13.4. The monoisotopic (exact) mass is 628 g/mol. The fourth-order valence-corrected chi connectivity index (χ4v) is 7.85. The number of para-hydroxylation sites is 3. The van der Waals surface area contributed by atoms with E-state index in [0.29, 0.717) is 0 Å². The Kier molecular flexibility index (Phi) is 6.84. The van der Waals surface area contributed by atoms with Crippen LogP contribution in [-0.2, 0) is 5.41 Å². The van der Waals surface area contributed by atoms with E-state index in [1.807, 2.05) is 0 Å². The summed E-state index contributed by atoms with van der Waals surface area (Å²) in [5, 5.41) is 4.95. The van der Waals surface area contributed by atoms with Crippen LogP contribution in [0.2, 0.25) is 0 Å². The molecule has 8 aromatic rings. The molecule has 0 spiro atoms. The van der Waals surface area contributed by atoms with Crippen molar-refractivity contribution < 1.29 is 0 Å². The third kappa shape index (κ3) is 4.71. The summed E-state index contributed by atoms with van der Waals surface area (Å²) in [6.07, 6.45) is 0. The molecule has 0 aromatic heterocycles. The molecule has 0 aliphatic carbocycles. The highest BCUT2D eigenvalue weighted by atomic mass is 15.2. The fraction of sp³-hybridized carbons (Fsp3) is 0.0638. The quantitative estimate of drug-likeness (QED) is 0.187. The molecule has 0 N–H and O–H groups in total. The molecule has 0 atom stereocenters. The minimum atomic E-state index is -0.248. The molecule has 2 nitrogen and oxygen atoms in total. The highest BCUT2D eigenvalue weighted by Crippen LogP contribution is 2.56. The summed E-state index contributed by atoms with van der Waals surface area (Å²) in [5.74, 6) is 0. The lowest BCUT2D eigenvalue weighted by Crippen LogP contribution is -2.31. The van der Waals surface area contributed by atoms with Crippen LogP contribution in [0.3, 0.4) is 0 Å². The van der Waals surface area contributed by atoms with Crippen LogP contribution in [0.15, 0.2) is 182 Å². The van der Waals surface area contributed by atoms with Gasteiger partial charge in [0, 0.05) is 33.4 Å². The third-order valence-electron chi connectivity index (χ3n) is 10.2. The molecule has 0 saturated heterocycles. The lowest BCUT2D eigenvalue weighted by atomic mass is 9.73. The topological polar surface area (TPSA) is 6.48 Å². The molecule has 0 saturated carbocycles. The largest absolute Gasteiger partial charge is 0.310 e. The number of hydrogen-bond acceptors (Lipinski definition) is 2. The molecule has 0 bridgehead atoms. The molecule has 8 aromatic carbocycles. The second kappa shape index (κ2) is 11.5. The Morgan fingerprint density at radius 1 is 0.408 bits per heavy atom. The van der Waals surface area contributed by atoms with E-state index in [2.05, 4.69) is 206 Å². The van der Waals surface area contributed by atoms with Gasteiger partial charge in [-0.15, -0.1) is 0 Å². The van der Waals surface area contributed by atoms with Gasteiger partial charge in [-0.25, -0.2) is 0 Å². The molecule has 49 heavy (non-hydrogen) atoms. The van der Waals surface area contributed by atoms with Crippen molar-refractivity contribution in [1.29, 1.82) is 0 Å². The molecular formula is C47H36N2. The minimum absolute atomic E-state index is 0.248. The SMILES string of the molecule is CC1(C)c2ccccc2N(c2c(-c3cccc4ccccc34)ccc3ccccc23)c2ccc(N(c3ccccc3)c3ccccc3)cc21. The number of hydrogen-bond donors (Lipinski definition) is 0. The molecule has 9 rings (SSSR count). The van der Waals surface area contributed by atoms with Gasteiger partial charge in [0.2, 0.25) is 0 Å². The summed E-state index contributed by atoms with van der Waals surface area (Å²) < 4.78 is 0. The van der Waals surface area contributed by atoms with Crippen molar-refractivity contribution in [3.05, 3.63) is 193 Å². The predicted octanol–water partition coefficient (Wildman–Crippen LogP) is 13.2. The molecule has 0 amide bonds. The van der Waals surface area contributed by atoms with Gasteiger partial charge in [0.05, 0.1) is 17.1 Å². The van der Waals surface area contributed by atoms with Crippen LogP contribution in [0.1, 0.15) is 25.0 Å². The van der Waals surface area contributed by atoms with Crippen LogP contribution >= 0.6 is 0 Å². The van der Waals surface area contributed by atoms with E-state index in [1.165, 1.54) is 60.9 Å². The van der Waals surface area contributed by atoms with Crippen LogP contribution < -0.4 is 9.80 Å². The van der Waals surface area contributed by atoms with Gasteiger partial charge in [-0.3, -0.25) is 0 Å². The standard InChI is InChI=1S/C47H36N2/c1-47(2)42-26-13-14-27-44(42)49(45-31-29-37(32-43(45)47)48(35-19-5-3-6-20-35)36-21-7-4-8-22-36)46-39-24-12-10-17-34(39)28-30-41(46)40-25-15-18-33-16-9-11-23-38(33)40/h3-32H,1-2H3. The van der Waals surface area contributed by atoms with Gasteiger partial charge in [-0.1, -0.05) is 147 Å². The highest BCUT2D eigenvalue weighted by molar-refractivity contribution is 6.11. The van der Waals surface area contributed by atoms with Crippen LogP contribution in [0.4, 0.5) is 34.1 Å². The maximum atomic E-state index is 2.54. The lowest BCUT2D eigenvalue weighted by molar-refractivity contribution is 0.632. The first-order valence-electron chi connectivity index (χ1n) is 17.0. The van der Waals surface area contributed by atoms with Gasteiger partial charge >= 0.3 is 0 Å². The molecule has 2 heteroatoms. The average Bonchev–Trinajstić information content (AvgIpc) is 3.16. The van der Waals surface area contributed by atoms with Gasteiger partial charge in [-0.05, 0) is 81.4 Å². The zero-order valence-electron chi connectivity index (χ0n) is 27.7. The van der Waals surface area contributed by atoms with Crippen molar-refractivity contribution in [3.63, 3.8) is 0 Å². The van der Waals surface area contributed by atoms with Crippen molar-refractivity contribution in [1.82, 2.24) is 0 Å². The Bertz CT molecular complexity index is 2430. The second-order valence-electron chi connectivity index (χ2n) is 13.4. The van der Waals surface area contributed by atoms with E-state index in [4.69, 9.17) is 0 Å². The minimum Gasteiger partial charge on any atom is -0.310 e. The number of anilines is 6. The van der Waals surface area contributed by atoms with Crippen molar-refractivity contribution in [2.75, 3.05) is 9.80 Å². The summed E-state index contributed by atoms with van der Waals surface area (Å²) in [5.41, 5.74) is 11.8. The van der Waals surface area contributed by atoms with Crippen molar-refractivity contribution >= 4 is 55.7 Å². The molecule has 1 aliphatic heterocycles. The molecule has 1 heterocycles. The van der Waals surface area contributed by atoms with Crippen LogP contribution in [0.5, 0.6) is 0 Å². The summed E-state index contributed by atoms with van der Waals surface area (Å²) in [4.78, 5) is 4.90. The van der Waals surface area contributed by atoms with E-state index in [9.17, 15) is 0 Å². The summed E-state index contributed by atoms with van der Waals surface area (Å²) in [7, 11) is 0. The molecular weight excluding hydrogens is 593 g/mol. The van der Waals surface area contributed by atoms with Crippen molar-refractivity contribution in [2.45, 2.75) is 19.3 Å². The normalized spacial score (nSPS) is 13.2. The number of rotatable bonds is 5. The zero-order chi connectivity index (χ0) is 33.0. The van der Waals surface area contributed by atoms with Gasteiger partial charge < -0.3 is 9.80 Å². The van der Waals surface area contributed by atoms with E-state index in [-0.39, 0.29) is 5.41 Å². The van der Waals surface area contributed by atoms with Crippen LogP contribution in [0, 0.1) is 0 Å². The van der Waals surface area contributed by atoms with Gasteiger partial charge in [0.15, 0.2) is 0 Å². The van der Waals surface area contributed by atoms with Crippen LogP contribution in [-0.4, -0.2) is 0 Å². The fourth-order valence-electron chi connectivity index (χ4n) is 7.85. The maximum absolute atomic E-state index is 2.54. The first kappa shape index (κ1) is 29.1. The summed E-state index contributed by atoms with van der Waals surface area (Å²) in [6.45, 7) is 4.74. The molecule has 0 radical (unpaired) electrons. The van der Waals surface area contributed by atoms with Crippen molar-refractivity contribution in [2.24, 2.45) is 0 Å². The Hall–Kier alpha value is -6.12. The Morgan fingerprint density at radius 3 is 1.71 bits per heavy atom. The maximum Gasteiger partial charge on any atom is 0.0618 e. The first-order chi connectivity index (χ1) is 24.1. The van der Waals surface area contributed by atoms with E-state index < -0.39 is 0 Å². The summed E-state index contributed by atoms with van der Waals surface area (Å²) in [6, 6.07) is 66.2. The molecule has 234 valence electrons. The van der Waals surface area contributed by atoms with Gasteiger partial charge in [-0.2, -0.15) is 0 Å². The molecule has 0 unspecified atom stereocenters. The number of benzene rings is 8. The highest BCUT2D eigenvalue weighted by Gasteiger charge is 2.38. The zero-order valence-corrected chi connectivity index (χ0v) is 27.7. The van der Waals surface area contributed by atoms with Gasteiger partial charge in [0.25, 0.3) is 0 Å². The lowest BCUT2D eigenvalue weighted by Gasteiger charge is -2.43. The Labute approximate surface area is 288 Å². The smallest absolute Gasteiger partial charge is 0.0618 e. The van der Waals surface area contributed by atoms with Gasteiger partial charge in [0.1, 0.15) is 0 Å². The number of nitrogens with zero attached hydrogens (tertiary/aromatic N) is 2. The van der Waals surface area contributed by atoms with E-state index in [1.54, 1.807) is 0 Å². The van der Waals surface area contributed by atoms with E-state index >= 15 is 0 Å². The third-order valence-corrected chi connectivity index (χ3v) is 10.2. The van der Waals surface area contributed by atoms with Crippen LogP contribution in [0.25, 0.3) is 32.7 Å². The van der Waals surface area contributed by atoms with E-state index in [0.717, 1.165) is 17.1 Å². The average molecular weight is 629 g/mol. The Morgan fingerprint density at radius 2 is 0.980 bits per heavy atom. The summed E-state index contributed by atoms with van der Waals surface area (Å²) >= 11 is 0. The first-order valence-corrected chi connectivity index (χ1v) is 17.0. The Balaban J connectivity index is 1.34. The number of fused-ring (bicyclic) bond motifs is 4.